The van der Waals surface area contributed by atoms with Crippen molar-refractivity contribution in [2.24, 2.45) is 0 Å². The topological polar surface area (TPSA) is 73.6 Å². The van der Waals surface area contributed by atoms with Crippen LogP contribution in [0.3, 0.4) is 0 Å². The van der Waals surface area contributed by atoms with Crippen LogP contribution in [0.1, 0.15) is 12.8 Å². The lowest BCUT2D eigenvalue weighted by Crippen LogP contribution is -2.29. The van der Waals surface area contributed by atoms with Crippen LogP contribution in [0.4, 0.5) is 5.69 Å². The second-order valence-electron chi connectivity index (χ2n) is 3.91. The van der Waals surface area contributed by atoms with Crippen LogP contribution in [-0.4, -0.2) is 32.8 Å². The third-order valence-electron chi connectivity index (χ3n) is 2.35. The molecule has 3 N–H and O–H groups in total. The van der Waals surface area contributed by atoms with Crippen molar-refractivity contribution in [3.05, 3.63) is 24.3 Å². The second-order valence-corrected chi connectivity index (χ2v) is 3.91. The molecule has 0 saturated carbocycles. The van der Waals surface area contributed by atoms with E-state index in [1.54, 1.807) is 31.4 Å². The number of methoxy groups -OCH3 is 1. The fourth-order valence-corrected chi connectivity index (χ4v) is 1.36. The van der Waals surface area contributed by atoms with Crippen LogP contribution in [0.2, 0.25) is 0 Å². The number of rotatable bonds is 8. The van der Waals surface area contributed by atoms with E-state index < -0.39 is 0 Å². The normalized spacial score (nSPS) is 10.1. The zero-order valence-corrected chi connectivity index (χ0v) is 10.6. The van der Waals surface area contributed by atoms with Crippen molar-refractivity contribution in [1.29, 1.82) is 0 Å². The Morgan fingerprint density at radius 2 is 2.00 bits per heavy atom. The number of amides is 1. The summed E-state index contributed by atoms with van der Waals surface area (Å²) < 4.78 is 10.2. The quantitative estimate of drug-likeness (QED) is 0.538. The van der Waals surface area contributed by atoms with E-state index in [0.717, 1.165) is 19.4 Å². The highest BCUT2D eigenvalue weighted by atomic mass is 16.5. The van der Waals surface area contributed by atoms with Crippen LogP contribution >= 0.6 is 0 Å². The number of hydrogen-bond acceptors (Lipinski definition) is 4. The molecule has 0 saturated heterocycles. The molecule has 0 bridgehead atoms. The summed E-state index contributed by atoms with van der Waals surface area (Å²) in [6, 6.07) is 6.94. The summed E-state index contributed by atoms with van der Waals surface area (Å²) in [6.07, 6.45) is 1.84. The molecule has 0 aliphatic rings. The molecule has 0 unspecified atom stereocenters. The fourth-order valence-electron chi connectivity index (χ4n) is 1.36. The van der Waals surface area contributed by atoms with E-state index in [2.05, 4.69) is 5.32 Å². The molecular weight excluding hydrogens is 232 g/mol. The van der Waals surface area contributed by atoms with Gasteiger partial charge in [0.1, 0.15) is 5.75 Å². The minimum Gasteiger partial charge on any atom is -0.484 e. The number of anilines is 1. The number of carbonyl (C=O) groups excluding carboxylic acids is 1. The maximum atomic E-state index is 11.4. The average Bonchev–Trinajstić information content (AvgIpc) is 2.38. The molecule has 0 atom stereocenters. The molecule has 5 heteroatoms. The minimum atomic E-state index is -0.121. The first-order chi connectivity index (χ1) is 8.72. The Kier molecular flexibility index (Phi) is 6.64. The molecule has 0 fully saturated rings. The molecule has 0 radical (unpaired) electrons. The summed E-state index contributed by atoms with van der Waals surface area (Å²) in [6.45, 7) is 1.39. The summed E-state index contributed by atoms with van der Waals surface area (Å²) >= 11 is 0. The van der Waals surface area contributed by atoms with E-state index >= 15 is 0 Å². The van der Waals surface area contributed by atoms with Crippen LogP contribution in [0, 0.1) is 0 Å². The van der Waals surface area contributed by atoms with Crippen LogP contribution in [0.5, 0.6) is 5.75 Å². The molecule has 18 heavy (non-hydrogen) atoms. The number of nitrogen functional groups attached to an aromatic ring is 1. The van der Waals surface area contributed by atoms with Crippen molar-refractivity contribution in [3.63, 3.8) is 0 Å². The summed E-state index contributed by atoms with van der Waals surface area (Å²) in [4.78, 5) is 11.4. The van der Waals surface area contributed by atoms with Crippen molar-refractivity contribution in [2.75, 3.05) is 32.6 Å². The summed E-state index contributed by atoms with van der Waals surface area (Å²) in [5.41, 5.74) is 6.21. The molecule has 0 aliphatic carbocycles. The maximum absolute atomic E-state index is 11.4. The first kappa shape index (κ1) is 14.3. The largest absolute Gasteiger partial charge is 0.484 e. The van der Waals surface area contributed by atoms with Crippen LogP contribution < -0.4 is 15.8 Å². The van der Waals surface area contributed by atoms with E-state index in [1.165, 1.54) is 0 Å². The van der Waals surface area contributed by atoms with E-state index in [1.807, 2.05) is 0 Å². The first-order valence-corrected chi connectivity index (χ1v) is 5.96. The second kappa shape index (κ2) is 8.36. The van der Waals surface area contributed by atoms with Gasteiger partial charge in [-0.2, -0.15) is 0 Å². The SMILES string of the molecule is COCCCCNC(=O)COc1ccc(N)cc1. The van der Waals surface area contributed by atoms with E-state index in [0.29, 0.717) is 18.0 Å². The van der Waals surface area contributed by atoms with Crippen molar-refractivity contribution in [3.8, 4) is 5.75 Å². The van der Waals surface area contributed by atoms with Gasteiger partial charge in [-0.05, 0) is 37.1 Å². The van der Waals surface area contributed by atoms with Gasteiger partial charge in [0.25, 0.3) is 5.91 Å². The number of nitrogens with one attached hydrogen (secondary N) is 1. The molecule has 1 rings (SSSR count). The van der Waals surface area contributed by atoms with Gasteiger partial charge < -0.3 is 20.5 Å². The Bertz CT molecular complexity index is 352. The summed E-state index contributed by atoms with van der Waals surface area (Å²) in [7, 11) is 1.67. The van der Waals surface area contributed by atoms with Gasteiger partial charge in [0, 0.05) is 25.9 Å². The summed E-state index contributed by atoms with van der Waals surface area (Å²) in [5.74, 6) is 0.517. The molecular formula is C13H20N2O3. The lowest BCUT2D eigenvalue weighted by molar-refractivity contribution is -0.123. The molecule has 5 nitrogen and oxygen atoms in total. The van der Waals surface area contributed by atoms with Gasteiger partial charge in [0.15, 0.2) is 6.61 Å². The lowest BCUT2D eigenvalue weighted by Gasteiger charge is -2.07. The van der Waals surface area contributed by atoms with Gasteiger partial charge in [-0.3, -0.25) is 4.79 Å². The molecule has 0 spiro atoms. The number of unbranched alkanes of at least 4 members (excludes halogenated alkanes) is 1. The molecule has 1 aromatic rings. The number of benzene rings is 1. The van der Waals surface area contributed by atoms with Gasteiger partial charge in [-0.25, -0.2) is 0 Å². The standard InChI is InChI=1S/C13H20N2O3/c1-17-9-3-2-8-15-13(16)10-18-12-6-4-11(14)5-7-12/h4-7H,2-3,8-10,14H2,1H3,(H,15,16). The monoisotopic (exact) mass is 252 g/mol. The Morgan fingerprint density at radius 1 is 1.28 bits per heavy atom. The third-order valence-corrected chi connectivity index (χ3v) is 2.35. The highest BCUT2D eigenvalue weighted by Gasteiger charge is 2.01. The number of hydrogen-bond donors (Lipinski definition) is 2. The average molecular weight is 252 g/mol. The van der Waals surface area contributed by atoms with Gasteiger partial charge in [-0.1, -0.05) is 0 Å². The Balaban J connectivity index is 2.11. The molecule has 0 heterocycles. The Hall–Kier alpha value is -1.75. The number of nitrogens with two attached hydrogens (primary N) is 1. The van der Waals surface area contributed by atoms with Crippen LogP contribution in [0.15, 0.2) is 24.3 Å². The predicted octanol–water partition coefficient (Wildman–Crippen LogP) is 1.19. The van der Waals surface area contributed by atoms with Crippen molar-refractivity contribution >= 4 is 11.6 Å². The predicted molar refractivity (Wildman–Crippen MR) is 70.5 cm³/mol. The van der Waals surface area contributed by atoms with Gasteiger partial charge in [0.2, 0.25) is 0 Å². The zero-order chi connectivity index (χ0) is 13.2. The highest BCUT2D eigenvalue weighted by molar-refractivity contribution is 5.77. The van der Waals surface area contributed by atoms with Crippen LogP contribution in [-0.2, 0) is 9.53 Å². The van der Waals surface area contributed by atoms with Crippen molar-refractivity contribution in [1.82, 2.24) is 5.32 Å². The highest BCUT2D eigenvalue weighted by Crippen LogP contribution is 2.12. The Labute approximate surface area is 107 Å². The van der Waals surface area contributed by atoms with E-state index in [-0.39, 0.29) is 12.5 Å². The van der Waals surface area contributed by atoms with Crippen LogP contribution in [0.25, 0.3) is 0 Å². The van der Waals surface area contributed by atoms with Gasteiger partial charge in [-0.15, -0.1) is 0 Å². The number of carbonyl (C=O) groups is 1. The molecule has 0 aromatic heterocycles. The lowest BCUT2D eigenvalue weighted by atomic mass is 10.3. The summed E-state index contributed by atoms with van der Waals surface area (Å²) in [5, 5.41) is 2.78. The van der Waals surface area contributed by atoms with Crippen molar-refractivity contribution in [2.45, 2.75) is 12.8 Å². The molecule has 100 valence electrons. The van der Waals surface area contributed by atoms with Gasteiger partial charge in [0.05, 0.1) is 0 Å². The van der Waals surface area contributed by atoms with Gasteiger partial charge >= 0.3 is 0 Å². The first-order valence-electron chi connectivity index (χ1n) is 5.96. The third kappa shape index (κ3) is 6.10. The molecule has 1 amide bonds. The maximum Gasteiger partial charge on any atom is 0.257 e. The zero-order valence-electron chi connectivity index (χ0n) is 10.6. The van der Waals surface area contributed by atoms with E-state index in [4.69, 9.17) is 15.2 Å². The smallest absolute Gasteiger partial charge is 0.257 e. The molecule has 0 aliphatic heterocycles. The van der Waals surface area contributed by atoms with Crippen molar-refractivity contribution < 1.29 is 14.3 Å². The fraction of sp³-hybridized carbons (Fsp3) is 0.462. The number of ether oxygens (including phenoxy) is 2. The Morgan fingerprint density at radius 3 is 2.67 bits per heavy atom. The molecule has 1 aromatic carbocycles. The van der Waals surface area contributed by atoms with E-state index in [9.17, 15) is 4.79 Å². The minimum absolute atomic E-state index is 0.0220.